The zero-order valence-electron chi connectivity index (χ0n) is 8.45. The molecule has 0 bridgehead atoms. The van der Waals surface area contributed by atoms with E-state index in [-0.39, 0.29) is 22.2 Å². The molecule has 1 aromatic heterocycles. The highest BCUT2D eigenvalue weighted by atomic mass is 32.2. The van der Waals surface area contributed by atoms with Gasteiger partial charge in [0.25, 0.3) is 0 Å². The third kappa shape index (κ3) is 4.15. The first-order chi connectivity index (χ1) is 7.40. The summed E-state index contributed by atoms with van der Waals surface area (Å²) in [6.07, 6.45) is 3.78. The summed E-state index contributed by atoms with van der Waals surface area (Å²) < 4.78 is 21.7. The molecule has 88 valence electrons. The van der Waals surface area contributed by atoms with E-state index >= 15 is 0 Å². The minimum Gasteiger partial charge on any atom is -0.476 e. The Kier molecular flexibility index (Phi) is 4.25. The summed E-state index contributed by atoms with van der Waals surface area (Å²) in [4.78, 5) is 18.3. The maximum Gasteiger partial charge on any atom is 0.357 e. The van der Waals surface area contributed by atoms with E-state index in [2.05, 4.69) is 9.97 Å². The Morgan fingerprint density at radius 1 is 1.44 bits per heavy atom. The third-order valence-electron chi connectivity index (χ3n) is 1.56. The summed E-state index contributed by atoms with van der Waals surface area (Å²) in [6, 6.07) is 0. The maximum absolute atomic E-state index is 10.9. The van der Waals surface area contributed by atoms with Crippen LogP contribution in [0.5, 0.6) is 0 Å². The second-order valence-electron chi connectivity index (χ2n) is 2.99. The van der Waals surface area contributed by atoms with Gasteiger partial charge >= 0.3 is 5.97 Å². The van der Waals surface area contributed by atoms with E-state index in [0.29, 0.717) is 0 Å². The Hall–Kier alpha value is -1.15. The van der Waals surface area contributed by atoms with E-state index in [9.17, 15) is 13.2 Å². The van der Waals surface area contributed by atoms with E-state index in [0.717, 1.165) is 18.0 Å². The number of sulfone groups is 1. The maximum atomic E-state index is 10.9. The Morgan fingerprint density at radius 3 is 2.62 bits per heavy atom. The van der Waals surface area contributed by atoms with E-state index in [1.807, 2.05) is 0 Å². The van der Waals surface area contributed by atoms with Gasteiger partial charge in [-0.1, -0.05) is 0 Å². The summed E-state index contributed by atoms with van der Waals surface area (Å²) in [6.45, 7) is 0. The summed E-state index contributed by atoms with van der Waals surface area (Å²) in [5, 5.41) is 9.03. The van der Waals surface area contributed by atoms with Crippen molar-refractivity contribution in [2.45, 2.75) is 5.03 Å². The number of aromatic carboxylic acids is 1. The van der Waals surface area contributed by atoms with Gasteiger partial charge in [-0.15, -0.1) is 11.8 Å². The molecule has 0 amide bonds. The zero-order valence-corrected chi connectivity index (χ0v) is 10.1. The van der Waals surface area contributed by atoms with Gasteiger partial charge in [-0.25, -0.2) is 23.2 Å². The molecule has 0 aliphatic heterocycles. The molecule has 6 nitrogen and oxygen atoms in total. The first kappa shape index (κ1) is 12.9. The highest BCUT2D eigenvalue weighted by molar-refractivity contribution is 8.00. The van der Waals surface area contributed by atoms with Crippen LogP contribution in [0.2, 0.25) is 0 Å². The lowest BCUT2D eigenvalue weighted by Gasteiger charge is -2.02. The van der Waals surface area contributed by atoms with Crippen LogP contribution in [0.25, 0.3) is 0 Å². The molecule has 0 unspecified atom stereocenters. The van der Waals surface area contributed by atoms with Crippen LogP contribution >= 0.6 is 11.8 Å². The number of aromatic nitrogens is 2. The van der Waals surface area contributed by atoms with Gasteiger partial charge in [0.2, 0.25) is 0 Å². The zero-order chi connectivity index (χ0) is 12.2. The Bertz CT molecular complexity index is 487. The molecule has 0 atom stereocenters. The molecule has 1 rings (SSSR count). The lowest BCUT2D eigenvalue weighted by atomic mass is 10.5. The van der Waals surface area contributed by atoms with Crippen molar-refractivity contribution >= 4 is 27.6 Å². The first-order valence-electron chi connectivity index (χ1n) is 4.25. The van der Waals surface area contributed by atoms with Gasteiger partial charge in [0.1, 0.15) is 14.9 Å². The molecule has 0 aromatic carbocycles. The van der Waals surface area contributed by atoms with Crippen LogP contribution in [0.3, 0.4) is 0 Å². The van der Waals surface area contributed by atoms with Crippen molar-refractivity contribution in [2.24, 2.45) is 0 Å². The highest BCUT2D eigenvalue weighted by Gasteiger charge is 2.13. The fourth-order valence-electron chi connectivity index (χ4n) is 0.867. The van der Waals surface area contributed by atoms with E-state index in [1.54, 1.807) is 0 Å². The molecule has 0 saturated carbocycles. The number of carboxylic acid groups (broad SMARTS) is 1. The normalized spacial score (nSPS) is 11.3. The number of carboxylic acids is 1. The third-order valence-corrected chi connectivity index (χ3v) is 3.74. The molecule has 0 aliphatic carbocycles. The van der Waals surface area contributed by atoms with Gasteiger partial charge in [-0.2, -0.15) is 0 Å². The standard InChI is InChI=1S/C8H10N2O4S2/c1-16(13,14)5-4-15-7-6(8(11)12)9-2-3-10-7/h2-3H,4-5H2,1H3,(H,11,12). The van der Waals surface area contributed by atoms with Crippen LogP contribution in [0.4, 0.5) is 0 Å². The molecule has 1 N–H and O–H groups in total. The van der Waals surface area contributed by atoms with Crippen LogP contribution in [0, 0.1) is 0 Å². The monoisotopic (exact) mass is 262 g/mol. The largest absolute Gasteiger partial charge is 0.476 e. The minimum absolute atomic E-state index is 0.0205. The molecule has 1 aromatic rings. The fraction of sp³-hybridized carbons (Fsp3) is 0.375. The van der Waals surface area contributed by atoms with E-state index in [1.165, 1.54) is 12.4 Å². The van der Waals surface area contributed by atoms with Gasteiger partial charge in [0.05, 0.1) is 5.75 Å². The van der Waals surface area contributed by atoms with Crippen molar-refractivity contribution in [1.29, 1.82) is 0 Å². The van der Waals surface area contributed by atoms with Crippen LogP contribution in [-0.4, -0.2) is 47.2 Å². The lowest BCUT2D eigenvalue weighted by Crippen LogP contribution is -2.08. The first-order valence-corrected chi connectivity index (χ1v) is 7.29. The Morgan fingerprint density at radius 2 is 2.06 bits per heavy atom. The number of hydrogen-bond acceptors (Lipinski definition) is 6. The summed E-state index contributed by atoms with van der Waals surface area (Å²) in [5.41, 5.74) is -0.152. The number of nitrogens with zero attached hydrogens (tertiary/aromatic N) is 2. The van der Waals surface area contributed by atoms with Crippen LogP contribution in [0.15, 0.2) is 17.4 Å². The van der Waals surface area contributed by atoms with Gasteiger partial charge in [-0.05, 0) is 0 Å². The van der Waals surface area contributed by atoms with Crippen molar-refractivity contribution in [3.63, 3.8) is 0 Å². The van der Waals surface area contributed by atoms with Crippen molar-refractivity contribution in [3.05, 3.63) is 18.1 Å². The van der Waals surface area contributed by atoms with E-state index < -0.39 is 15.8 Å². The summed E-state index contributed by atoms with van der Waals surface area (Å²) >= 11 is 1.07. The van der Waals surface area contributed by atoms with E-state index in [4.69, 9.17) is 5.11 Å². The van der Waals surface area contributed by atoms with Gasteiger partial charge in [0.15, 0.2) is 5.69 Å². The summed E-state index contributed by atoms with van der Waals surface area (Å²) in [5.74, 6) is -0.930. The molecular weight excluding hydrogens is 252 g/mol. The summed E-state index contributed by atoms with van der Waals surface area (Å²) in [7, 11) is -3.04. The molecule has 0 fully saturated rings. The van der Waals surface area contributed by atoms with Crippen molar-refractivity contribution in [1.82, 2.24) is 9.97 Å². The lowest BCUT2D eigenvalue weighted by molar-refractivity contribution is 0.0685. The highest BCUT2D eigenvalue weighted by Crippen LogP contribution is 2.18. The molecule has 0 spiro atoms. The van der Waals surface area contributed by atoms with Crippen LogP contribution in [0.1, 0.15) is 10.5 Å². The average Bonchev–Trinajstić information content (AvgIpc) is 2.16. The molecular formula is C8H10N2O4S2. The van der Waals surface area contributed by atoms with Crippen LogP contribution in [-0.2, 0) is 9.84 Å². The smallest absolute Gasteiger partial charge is 0.357 e. The number of carbonyl (C=O) groups is 1. The Balaban J connectivity index is 2.71. The quantitative estimate of drug-likeness (QED) is 0.763. The topological polar surface area (TPSA) is 97.2 Å². The predicted molar refractivity (Wildman–Crippen MR) is 59.4 cm³/mol. The Labute approximate surface area is 97.0 Å². The SMILES string of the molecule is CS(=O)(=O)CCSc1nccnc1C(=O)O. The number of rotatable bonds is 5. The molecule has 0 radical (unpaired) electrons. The van der Waals surface area contributed by atoms with Crippen molar-refractivity contribution in [2.75, 3.05) is 17.8 Å². The van der Waals surface area contributed by atoms with Crippen molar-refractivity contribution in [3.8, 4) is 0 Å². The van der Waals surface area contributed by atoms with Gasteiger partial charge < -0.3 is 5.11 Å². The molecule has 1 heterocycles. The predicted octanol–water partition coefficient (Wildman–Crippen LogP) is 0.312. The van der Waals surface area contributed by atoms with Crippen LogP contribution < -0.4 is 0 Å². The van der Waals surface area contributed by atoms with Gasteiger partial charge in [0, 0.05) is 24.4 Å². The fourth-order valence-corrected chi connectivity index (χ4v) is 3.02. The second kappa shape index (κ2) is 5.26. The molecule has 0 saturated heterocycles. The van der Waals surface area contributed by atoms with Gasteiger partial charge in [-0.3, -0.25) is 0 Å². The minimum atomic E-state index is -3.04. The molecule has 16 heavy (non-hydrogen) atoms. The average molecular weight is 262 g/mol. The van der Waals surface area contributed by atoms with Crippen molar-refractivity contribution < 1.29 is 18.3 Å². The number of hydrogen-bond donors (Lipinski definition) is 1. The number of thioether (sulfide) groups is 1. The molecule has 0 aliphatic rings. The second-order valence-corrected chi connectivity index (χ2v) is 6.34. The molecule has 8 heteroatoms.